The Bertz CT molecular complexity index is 369. The first-order valence-corrected chi connectivity index (χ1v) is 10.0. The Balaban J connectivity index is 4.22. The topological polar surface area (TPSA) is 75.3 Å². The summed E-state index contributed by atoms with van der Waals surface area (Å²) < 4.78 is 24.4. The average molecular weight is 320 g/mol. The van der Waals surface area contributed by atoms with Crippen molar-refractivity contribution in [3.05, 3.63) is 0 Å². The first-order valence-electron chi connectivity index (χ1n) is 8.15. The van der Waals surface area contributed by atoms with E-state index < -0.39 is 22.0 Å². The van der Waals surface area contributed by atoms with Crippen LogP contribution in [0.4, 0.5) is 0 Å². The quantitative estimate of drug-likeness (QED) is 0.511. The van der Waals surface area contributed by atoms with Crippen LogP contribution < -0.4 is 10.0 Å². The molecule has 0 aliphatic rings. The maximum absolute atomic E-state index is 12.0. The molecule has 0 bridgehead atoms. The minimum Gasteiger partial charge on any atom is -0.306 e. The van der Waals surface area contributed by atoms with E-state index in [0.29, 0.717) is 6.42 Å². The van der Waals surface area contributed by atoms with Gasteiger partial charge in [0.25, 0.3) is 5.91 Å². The van der Waals surface area contributed by atoms with Crippen molar-refractivity contribution in [2.75, 3.05) is 12.8 Å². The lowest BCUT2D eigenvalue weighted by Crippen LogP contribution is -2.46. The second-order valence-electron chi connectivity index (χ2n) is 5.66. The van der Waals surface area contributed by atoms with E-state index in [0.717, 1.165) is 44.9 Å². The van der Waals surface area contributed by atoms with Crippen LogP contribution in [0.1, 0.15) is 71.6 Å². The molecule has 0 fully saturated rings. The van der Waals surface area contributed by atoms with Gasteiger partial charge in [-0.2, -0.15) is 0 Å². The van der Waals surface area contributed by atoms with Gasteiger partial charge in [0, 0.05) is 0 Å². The molecular formula is C15H32N2O3S. The van der Waals surface area contributed by atoms with Crippen molar-refractivity contribution in [3.63, 3.8) is 0 Å². The van der Waals surface area contributed by atoms with Crippen molar-refractivity contribution < 1.29 is 13.2 Å². The molecule has 5 nitrogen and oxygen atoms in total. The second-order valence-corrected chi connectivity index (χ2v) is 7.40. The van der Waals surface area contributed by atoms with Crippen molar-refractivity contribution in [2.45, 2.75) is 77.7 Å². The van der Waals surface area contributed by atoms with E-state index in [2.05, 4.69) is 23.9 Å². The average Bonchev–Trinajstić information content (AvgIpc) is 2.38. The third-order valence-corrected chi connectivity index (χ3v) is 3.94. The normalized spacial score (nSPS) is 13.1. The van der Waals surface area contributed by atoms with Gasteiger partial charge < -0.3 is 5.32 Å². The highest BCUT2D eigenvalue weighted by molar-refractivity contribution is 7.89. The largest absolute Gasteiger partial charge is 0.306 e. The molecule has 126 valence electrons. The highest BCUT2D eigenvalue weighted by Crippen LogP contribution is 2.08. The number of carbonyl (C=O) groups excluding carboxylic acids is 1. The Labute approximate surface area is 130 Å². The van der Waals surface area contributed by atoms with Crippen LogP contribution in [0.2, 0.25) is 0 Å². The van der Waals surface area contributed by atoms with Gasteiger partial charge in [-0.15, -0.1) is 0 Å². The van der Waals surface area contributed by atoms with Gasteiger partial charge in [-0.1, -0.05) is 58.8 Å². The number of hydrogen-bond acceptors (Lipinski definition) is 4. The Hall–Kier alpha value is -0.620. The van der Waals surface area contributed by atoms with Crippen molar-refractivity contribution >= 4 is 15.9 Å². The van der Waals surface area contributed by atoms with Gasteiger partial charge in [-0.3, -0.25) is 9.52 Å². The summed E-state index contributed by atoms with van der Waals surface area (Å²) in [6, 6.07) is -0.404. The van der Waals surface area contributed by atoms with Crippen LogP contribution in [0.25, 0.3) is 0 Å². The van der Waals surface area contributed by atoms with Crippen LogP contribution in [0.3, 0.4) is 0 Å². The maximum atomic E-state index is 12.0. The lowest BCUT2D eigenvalue weighted by atomic mass is 10.1. The van der Waals surface area contributed by atoms with E-state index in [4.69, 9.17) is 0 Å². The number of rotatable bonds is 13. The Morgan fingerprint density at radius 3 is 2.10 bits per heavy atom. The summed E-state index contributed by atoms with van der Waals surface area (Å²) in [6.45, 7) is 5.05. The summed E-state index contributed by atoms with van der Waals surface area (Å²) in [7, 11) is -3.48. The molecule has 2 N–H and O–H groups in total. The molecule has 1 unspecified atom stereocenters. The predicted molar refractivity (Wildman–Crippen MR) is 87.7 cm³/mol. The van der Waals surface area contributed by atoms with Crippen molar-refractivity contribution in [3.8, 4) is 0 Å². The van der Waals surface area contributed by atoms with Gasteiger partial charge in [0.05, 0.1) is 12.3 Å². The zero-order chi connectivity index (χ0) is 16.1. The Kier molecular flexibility index (Phi) is 11.6. The van der Waals surface area contributed by atoms with Gasteiger partial charge in [0.15, 0.2) is 0 Å². The molecule has 0 aromatic heterocycles. The predicted octanol–water partition coefficient (Wildman–Crippen LogP) is 2.57. The lowest BCUT2D eigenvalue weighted by molar-refractivity contribution is -0.121. The summed E-state index contributed by atoms with van der Waals surface area (Å²) in [4.78, 5) is 12.0. The fourth-order valence-corrected chi connectivity index (χ4v) is 2.69. The van der Waals surface area contributed by atoms with Gasteiger partial charge in [0.2, 0.25) is 10.0 Å². The van der Waals surface area contributed by atoms with E-state index >= 15 is 0 Å². The minimum atomic E-state index is -3.48. The number of hydrogen-bond donors (Lipinski definition) is 2. The zero-order valence-electron chi connectivity index (χ0n) is 13.8. The summed E-state index contributed by atoms with van der Waals surface area (Å²) >= 11 is 0. The molecule has 0 spiro atoms. The summed E-state index contributed by atoms with van der Waals surface area (Å²) in [5.41, 5.74) is 0. The fraction of sp³-hybridized carbons (Fsp3) is 0.933. The van der Waals surface area contributed by atoms with Crippen molar-refractivity contribution in [2.24, 2.45) is 0 Å². The maximum Gasteiger partial charge on any atom is 0.250 e. The number of sulfonamides is 1. The molecule has 0 aromatic rings. The number of unbranched alkanes of at least 4 members (excludes halogenated alkanes) is 6. The first-order chi connectivity index (χ1) is 9.90. The first kappa shape index (κ1) is 20.4. The van der Waals surface area contributed by atoms with E-state index in [1.165, 1.54) is 19.3 Å². The highest BCUT2D eigenvalue weighted by atomic mass is 32.2. The summed E-state index contributed by atoms with van der Waals surface area (Å²) in [6.07, 6.45) is 10.6. The molecule has 1 atom stereocenters. The third kappa shape index (κ3) is 12.8. The van der Waals surface area contributed by atoms with E-state index in [1.54, 1.807) is 0 Å². The van der Waals surface area contributed by atoms with E-state index in [1.807, 2.05) is 0 Å². The van der Waals surface area contributed by atoms with Gasteiger partial charge in [-0.05, 0) is 19.4 Å². The molecule has 0 rings (SSSR count). The van der Waals surface area contributed by atoms with Crippen LogP contribution in [0.5, 0.6) is 0 Å². The smallest absolute Gasteiger partial charge is 0.250 e. The molecule has 0 aliphatic carbocycles. The highest BCUT2D eigenvalue weighted by Gasteiger charge is 2.20. The molecule has 6 heteroatoms. The van der Waals surface area contributed by atoms with Crippen molar-refractivity contribution in [1.82, 2.24) is 10.0 Å². The molecule has 0 radical (unpaired) electrons. The van der Waals surface area contributed by atoms with Crippen LogP contribution in [0.15, 0.2) is 0 Å². The molecule has 1 amide bonds. The minimum absolute atomic E-state index is 0.404. The fourth-order valence-electron chi connectivity index (χ4n) is 2.18. The summed E-state index contributed by atoms with van der Waals surface area (Å²) in [5.74, 6) is -0.426. The number of nitrogens with one attached hydrogen (secondary N) is 2. The van der Waals surface area contributed by atoms with Crippen LogP contribution >= 0.6 is 0 Å². The molecule has 0 aromatic carbocycles. The monoisotopic (exact) mass is 320 g/mol. The van der Waals surface area contributed by atoms with Crippen LogP contribution in [-0.2, 0) is 14.8 Å². The third-order valence-electron chi connectivity index (χ3n) is 3.37. The molecule has 21 heavy (non-hydrogen) atoms. The zero-order valence-corrected chi connectivity index (χ0v) is 14.6. The second kappa shape index (κ2) is 12.0. The van der Waals surface area contributed by atoms with Crippen molar-refractivity contribution in [1.29, 1.82) is 0 Å². The summed E-state index contributed by atoms with van der Waals surface area (Å²) in [5, 5.41) is 3.19. The standard InChI is InChI=1S/C15H32N2O3S/c1-4-6-8-9-10-12-14(16-13-11-7-5-2)15(18)17-21(3,19)20/h14,16H,4-13H2,1-3H3,(H,17,18). The van der Waals surface area contributed by atoms with Gasteiger partial charge in [0.1, 0.15) is 0 Å². The Morgan fingerprint density at radius 1 is 0.952 bits per heavy atom. The number of carbonyl (C=O) groups is 1. The lowest BCUT2D eigenvalue weighted by Gasteiger charge is -2.17. The SMILES string of the molecule is CCCCCCCC(NCCCCC)C(=O)NS(C)(=O)=O. The molecule has 0 saturated heterocycles. The van der Waals surface area contributed by atoms with Crippen LogP contribution in [-0.4, -0.2) is 33.2 Å². The molecular weight excluding hydrogens is 288 g/mol. The molecule has 0 heterocycles. The molecule has 0 saturated carbocycles. The Morgan fingerprint density at radius 2 is 1.52 bits per heavy atom. The van der Waals surface area contributed by atoms with E-state index in [9.17, 15) is 13.2 Å². The van der Waals surface area contributed by atoms with E-state index in [-0.39, 0.29) is 0 Å². The van der Waals surface area contributed by atoms with Gasteiger partial charge >= 0.3 is 0 Å². The number of amides is 1. The van der Waals surface area contributed by atoms with Crippen LogP contribution in [0, 0.1) is 0 Å². The van der Waals surface area contributed by atoms with Gasteiger partial charge in [-0.25, -0.2) is 8.42 Å². The molecule has 0 aliphatic heterocycles.